The second kappa shape index (κ2) is 10.9. The minimum absolute atomic E-state index is 0.00730. The molecule has 2 aromatic carbocycles. The summed E-state index contributed by atoms with van der Waals surface area (Å²) in [6.45, 7) is 6.26. The van der Waals surface area contributed by atoms with Gasteiger partial charge in [0, 0.05) is 31.2 Å². The molecule has 30 heavy (non-hydrogen) atoms. The Morgan fingerprint density at radius 1 is 1.10 bits per heavy atom. The summed E-state index contributed by atoms with van der Waals surface area (Å²) in [6, 6.07) is 15.4. The maximum Gasteiger partial charge on any atom is 0.254 e. The van der Waals surface area contributed by atoms with E-state index in [4.69, 9.17) is 9.47 Å². The number of rotatable bonds is 10. The third kappa shape index (κ3) is 5.90. The second-order valence-electron chi connectivity index (χ2n) is 7.16. The van der Waals surface area contributed by atoms with Crippen molar-refractivity contribution in [3.8, 4) is 5.75 Å². The highest BCUT2D eigenvalue weighted by molar-refractivity contribution is 7.09. The number of aryl methyl sites for hydroxylation is 1. The first-order chi connectivity index (χ1) is 14.6. The number of amides is 1. The SMILES string of the molecule is COCCCN(Cc1csc(COc2cccc(C)c2C)n1)C(=O)c1ccccc1. The lowest BCUT2D eigenvalue weighted by atomic mass is 10.1. The number of nitrogens with zero attached hydrogens (tertiary/aromatic N) is 2. The Morgan fingerprint density at radius 3 is 2.67 bits per heavy atom. The Labute approximate surface area is 182 Å². The number of aromatic nitrogens is 1. The van der Waals surface area contributed by atoms with Crippen LogP contribution in [0, 0.1) is 13.8 Å². The van der Waals surface area contributed by atoms with E-state index in [2.05, 4.69) is 24.9 Å². The van der Waals surface area contributed by atoms with Crippen LogP contribution in [-0.2, 0) is 17.9 Å². The Hall–Kier alpha value is -2.70. The van der Waals surface area contributed by atoms with Crippen molar-refractivity contribution in [1.29, 1.82) is 0 Å². The fraction of sp³-hybridized carbons (Fsp3) is 0.333. The van der Waals surface area contributed by atoms with Crippen molar-refractivity contribution < 1.29 is 14.3 Å². The summed E-state index contributed by atoms with van der Waals surface area (Å²) >= 11 is 1.56. The molecule has 5 nitrogen and oxygen atoms in total. The molecule has 1 aromatic heterocycles. The number of ether oxygens (including phenoxy) is 2. The van der Waals surface area contributed by atoms with Crippen LogP contribution < -0.4 is 4.74 Å². The molecule has 3 rings (SSSR count). The normalized spacial score (nSPS) is 10.8. The van der Waals surface area contributed by atoms with Gasteiger partial charge in [0.2, 0.25) is 0 Å². The molecule has 0 aliphatic rings. The molecule has 0 spiro atoms. The van der Waals surface area contributed by atoms with Crippen molar-refractivity contribution >= 4 is 17.2 Å². The maximum atomic E-state index is 13.0. The van der Waals surface area contributed by atoms with E-state index in [1.54, 1.807) is 18.4 Å². The molecule has 0 radical (unpaired) electrons. The van der Waals surface area contributed by atoms with Gasteiger partial charge in [-0.05, 0) is 49.6 Å². The first kappa shape index (κ1) is 22.0. The van der Waals surface area contributed by atoms with Crippen LogP contribution in [0.15, 0.2) is 53.9 Å². The summed E-state index contributed by atoms with van der Waals surface area (Å²) < 4.78 is 11.1. The van der Waals surface area contributed by atoms with E-state index >= 15 is 0 Å². The zero-order valence-electron chi connectivity index (χ0n) is 17.8. The fourth-order valence-corrected chi connectivity index (χ4v) is 3.82. The molecular weight excluding hydrogens is 396 g/mol. The van der Waals surface area contributed by atoms with Crippen LogP contribution in [-0.4, -0.2) is 36.1 Å². The summed E-state index contributed by atoms with van der Waals surface area (Å²) in [5, 5.41) is 2.90. The topological polar surface area (TPSA) is 51.7 Å². The summed E-state index contributed by atoms with van der Waals surface area (Å²) in [7, 11) is 1.67. The summed E-state index contributed by atoms with van der Waals surface area (Å²) in [5.41, 5.74) is 3.91. The minimum Gasteiger partial charge on any atom is -0.486 e. The van der Waals surface area contributed by atoms with Crippen LogP contribution in [0.5, 0.6) is 5.75 Å². The van der Waals surface area contributed by atoms with Gasteiger partial charge in [0.1, 0.15) is 17.4 Å². The predicted octanol–water partition coefficient (Wildman–Crippen LogP) is 5.02. The van der Waals surface area contributed by atoms with Crippen LogP contribution in [0.25, 0.3) is 0 Å². The molecule has 0 saturated heterocycles. The number of hydrogen-bond acceptors (Lipinski definition) is 5. The Bertz CT molecular complexity index is 956. The number of thiazole rings is 1. The predicted molar refractivity (Wildman–Crippen MR) is 120 cm³/mol. The lowest BCUT2D eigenvalue weighted by Gasteiger charge is -2.22. The number of benzene rings is 2. The number of carbonyl (C=O) groups excluding carboxylic acids is 1. The molecule has 0 aliphatic heterocycles. The molecule has 1 amide bonds. The molecule has 0 saturated carbocycles. The molecule has 0 aliphatic carbocycles. The molecule has 0 N–H and O–H groups in total. The highest BCUT2D eigenvalue weighted by Gasteiger charge is 2.17. The molecule has 158 valence electrons. The molecule has 1 heterocycles. The van der Waals surface area contributed by atoms with Crippen molar-refractivity contribution in [2.24, 2.45) is 0 Å². The molecular formula is C24H28N2O3S. The standard InChI is InChI=1S/C24H28N2O3S/c1-18-9-7-12-22(19(18)2)29-16-23-25-21(17-30-23)15-26(13-8-14-28-3)24(27)20-10-5-4-6-11-20/h4-7,9-12,17H,8,13-16H2,1-3H3. The van der Waals surface area contributed by atoms with Gasteiger partial charge in [-0.1, -0.05) is 30.3 Å². The highest BCUT2D eigenvalue weighted by atomic mass is 32.1. The van der Waals surface area contributed by atoms with Gasteiger partial charge in [-0.3, -0.25) is 4.79 Å². The molecule has 0 unspecified atom stereocenters. The number of carbonyl (C=O) groups is 1. The van der Waals surface area contributed by atoms with Crippen LogP contribution in [0.4, 0.5) is 0 Å². The van der Waals surface area contributed by atoms with Gasteiger partial charge < -0.3 is 14.4 Å². The quantitative estimate of drug-likeness (QED) is 0.429. The molecule has 0 atom stereocenters. The van der Waals surface area contributed by atoms with Crippen LogP contribution >= 0.6 is 11.3 Å². The van der Waals surface area contributed by atoms with E-state index < -0.39 is 0 Å². The van der Waals surface area contributed by atoms with Gasteiger partial charge in [-0.25, -0.2) is 4.98 Å². The van der Waals surface area contributed by atoms with Gasteiger partial charge in [-0.15, -0.1) is 11.3 Å². The zero-order chi connectivity index (χ0) is 21.3. The van der Waals surface area contributed by atoms with E-state index in [9.17, 15) is 4.79 Å². The van der Waals surface area contributed by atoms with Gasteiger partial charge in [0.15, 0.2) is 0 Å². The lowest BCUT2D eigenvalue weighted by Crippen LogP contribution is -2.32. The second-order valence-corrected chi connectivity index (χ2v) is 8.10. The maximum absolute atomic E-state index is 13.0. The monoisotopic (exact) mass is 424 g/mol. The summed E-state index contributed by atoms with van der Waals surface area (Å²) in [6.07, 6.45) is 0.780. The van der Waals surface area contributed by atoms with Crippen molar-refractivity contribution in [1.82, 2.24) is 9.88 Å². The van der Waals surface area contributed by atoms with E-state index in [-0.39, 0.29) is 5.91 Å². The molecule has 0 fully saturated rings. The van der Waals surface area contributed by atoms with E-state index in [0.29, 0.717) is 31.9 Å². The van der Waals surface area contributed by atoms with Crippen molar-refractivity contribution in [2.45, 2.75) is 33.4 Å². The largest absolute Gasteiger partial charge is 0.486 e. The zero-order valence-corrected chi connectivity index (χ0v) is 18.6. The minimum atomic E-state index is 0.00730. The van der Waals surface area contributed by atoms with Gasteiger partial charge in [-0.2, -0.15) is 0 Å². The van der Waals surface area contributed by atoms with Gasteiger partial charge in [0.05, 0.1) is 12.2 Å². The Balaban J connectivity index is 1.65. The molecule has 0 bridgehead atoms. The van der Waals surface area contributed by atoms with Crippen LogP contribution in [0.1, 0.15) is 38.6 Å². The average Bonchev–Trinajstić information content (AvgIpc) is 3.22. The van der Waals surface area contributed by atoms with E-state index in [0.717, 1.165) is 28.4 Å². The van der Waals surface area contributed by atoms with Crippen molar-refractivity contribution in [3.05, 3.63) is 81.3 Å². The van der Waals surface area contributed by atoms with Crippen LogP contribution in [0.2, 0.25) is 0 Å². The third-order valence-corrected chi connectivity index (χ3v) is 5.81. The summed E-state index contributed by atoms with van der Waals surface area (Å²) in [5.74, 6) is 0.889. The first-order valence-electron chi connectivity index (χ1n) is 10.0. The fourth-order valence-electron chi connectivity index (χ4n) is 3.12. The first-order valence-corrected chi connectivity index (χ1v) is 10.9. The highest BCUT2D eigenvalue weighted by Crippen LogP contribution is 2.23. The number of methoxy groups -OCH3 is 1. The van der Waals surface area contributed by atoms with Crippen molar-refractivity contribution in [3.63, 3.8) is 0 Å². The average molecular weight is 425 g/mol. The van der Waals surface area contributed by atoms with Gasteiger partial charge >= 0.3 is 0 Å². The lowest BCUT2D eigenvalue weighted by molar-refractivity contribution is 0.0721. The molecule has 6 heteroatoms. The van der Waals surface area contributed by atoms with Gasteiger partial charge in [0.25, 0.3) is 5.91 Å². The van der Waals surface area contributed by atoms with Crippen molar-refractivity contribution in [2.75, 3.05) is 20.3 Å². The molecule has 3 aromatic rings. The third-order valence-electron chi connectivity index (χ3n) is 4.94. The Kier molecular flexibility index (Phi) is 7.99. The number of hydrogen-bond donors (Lipinski definition) is 0. The summed E-state index contributed by atoms with van der Waals surface area (Å²) in [4.78, 5) is 19.5. The smallest absolute Gasteiger partial charge is 0.254 e. The van der Waals surface area contributed by atoms with E-state index in [1.165, 1.54) is 5.56 Å². The van der Waals surface area contributed by atoms with Crippen LogP contribution in [0.3, 0.4) is 0 Å². The van der Waals surface area contributed by atoms with E-state index in [1.807, 2.05) is 52.7 Å². The Morgan fingerprint density at radius 2 is 1.90 bits per heavy atom.